The summed E-state index contributed by atoms with van der Waals surface area (Å²) in [5.41, 5.74) is 4.27. The minimum atomic E-state index is -0.460. The van der Waals surface area contributed by atoms with E-state index in [2.05, 4.69) is 45.0 Å². The molecule has 0 atom stereocenters. The lowest BCUT2D eigenvalue weighted by Crippen LogP contribution is -2.27. The van der Waals surface area contributed by atoms with Crippen molar-refractivity contribution in [2.24, 2.45) is 11.3 Å². The minimum Gasteiger partial charge on any atom is -0.348 e. The molecule has 2 nitrogen and oxygen atoms in total. The number of rotatable bonds is 10. The molecule has 0 N–H and O–H groups in total. The molecule has 2 aliphatic rings. The Labute approximate surface area is 212 Å². The zero-order valence-electron chi connectivity index (χ0n) is 22.2. The average molecular weight is 481 g/mol. The quantitative estimate of drug-likeness (QED) is 0.315. The molecule has 0 unspecified atom stereocenters. The molecule has 1 aliphatic heterocycles. The number of ether oxygens (including phenoxy) is 2. The standard InChI is InChI=1S/C32H45FO2/c1-4-6-8-18-32(3)19-16-26(17-20-32)25-10-12-27(13-11-25)29-15-14-28(21-30(29)33)31-34-22-24(23-35-31)9-7-5-2/h10-15,21,24,26,31H,4-9,16-20,22-23H2,1-3H3. The number of unbranched alkanes of at least 4 members (excludes halogenated alkanes) is 3. The Morgan fingerprint density at radius 3 is 2.14 bits per heavy atom. The van der Waals surface area contributed by atoms with Crippen molar-refractivity contribution in [3.8, 4) is 11.1 Å². The zero-order valence-corrected chi connectivity index (χ0v) is 22.2. The normalized spacial score (nSPS) is 27.1. The molecule has 192 valence electrons. The minimum absolute atomic E-state index is 0.212. The molecule has 1 heterocycles. The molecule has 2 aromatic carbocycles. The largest absolute Gasteiger partial charge is 0.348 e. The summed E-state index contributed by atoms with van der Waals surface area (Å²) in [6, 6.07) is 14.0. The van der Waals surface area contributed by atoms with Crippen molar-refractivity contribution in [1.29, 1.82) is 0 Å². The summed E-state index contributed by atoms with van der Waals surface area (Å²) in [5, 5.41) is 0. The highest BCUT2D eigenvalue weighted by molar-refractivity contribution is 5.65. The van der Waals surface area contributed by atoms with Crippen LogP contribution >= 0.6 is 0 Å². The molecule has 2 fully saturated rings. The fourth-order valence-electron chi connectivity index (χ4n) is 5.94. The van der Waals surface area contributed by atoms with Gasteiger partial charge in [0.05, 0.1) is 13.2 Å². The van der Waals surface area contributed by atoms with E-state index in [1.807, 2.05) is 12.1 Å². The van der Waals surface area contributed by atoms with Crippen molar-refractivity contribution >= 4 is 0 Å². The first-order valence-electron chi connectivity index (χ1n) is 14.1. The van der Waals surface area contributed by atoms with E-state index in [0.29, 0.717) is 36.0 Å². The van der Waals surface area contributed by atoms with Gasteiger partial charge in [-0.15, -0.1) is 0 Å². The van der Waals surface area contributed by atoms with Crippen LogP contribution in [0.25, 0.3) is 11.1 Å². The van der Waals surface area contributed by atoms with Crippen LogP contribution in [0.4, 0.5) is 4.39 Å². The molecule has 0 amide bonds. The smallest absolute Gasteiger partial charge is 0.183 e. The van der Waals surface area contributed by atoms with Crippen molar-refractivity contribution in [3.63, 3.8) is 0 Å². The highest BCUT2D eigenvalue weighted by Crippen LogP contribution is 2.46. The Morgan fingerprint density at radius 1 is 0.857 bits per heavy atom. The first-order valence-corrected chi connectivity index (χ1v) is 14.1. The van der Waals surface area contributed by atoms with Crippen LogP contribution in [-0.4, -0.2) is 13.2 Å². The van der Waals surface area contributed by atoms with E-state index in [1.54, 1.807) is 6.07 Å². The molecular formula is C32H45FO2. The van der Waals surface area contributed by atoms with Crippen molar-refractivity contribution in [2.45, 2.75) is 104 Å². The van der Waals surface area contributed by atoms with Crippen LogP contribution in [0.2, 0.25) is 0 Å². The van der Waals surface area contributed by atoms with E-state index < -0.39 is 6.29 Å². The van der Waals surface area contributed by atoms with Gasteiger partial charge in [-0.3, -0.25) is 0 Å². The van der Waals surface area contributed by atoms with Crippen LogP contribution in [0, 0.1) is 17.2 Å². The molecule has 1 aliphatic carbocycles. The third-order valence-corrected chi connectivity index (χ3v) is 8.47. The summed E-state index contributed by atoms with van der Waals surface area (Å²) in [6.07, 6.45) is 13.6. The Balaban J connectivity index is 1.33. The van der Waals surface area contributed by atoms with Gasteiger partial charge >= 0.3 is 0 Å². The third kappa shape index (κ3) is 6.95. The highest BCUT2D eigenvalue weighted by atomic mass is 19.1. The molecule has 4 rings (SSSR count). The van der Waals surface area contributed by atoms with E-state index in [0.717, 1.165) is 17.5 Å². The van der Waals surface area contributed by atoms with E-state index in [1.165, 1.54) is 69.8 Å². The van der Waals surface area contributed by atoms with Gasteiger partial charge in [-0.1, -0.05) is 89.3 Å². The number of hydrogen-bond donors (Lipinski definition) is 0. The fraction of sp³-hybridized carbons (Fsp3) is 0.625. The summed E-state index contributed by atoms with van der Waals surface area (Å²) >= 11 is 0. The van der Waals surface area contributed by atoms with Crippen LogP contribution in [0.1, 0.15) is 115 Å². The van der Waals surface area contributed by atoms with E-state index in [-0.39, 0.29) is 5.82 Å². The molecule has 0 aromatic heterocycles. The molecule has 0 bridgehead atoms. The molecule has 1 saturated carbocycles. The molecular weight excluding hydrogens is 435 g/mol. The lowest BCUT2D eigenvalue weighted by Gasteiger charge is -2.38. The molecule has 0 radical (unpaired) electrons. The summed E-state index contributed by atoms with van der Waals surface area (Å²) in [6.45, 7) is 8.35. The van der Waals surface area contributed by atoms with Gasteiger partial charge in [0.2, 0.25) is 0 Å². The lowest BCUT2D eigenvalue weighted by atomic mass is 9.68. The molecule has 2 aromatic rings. The van der Waals surface area contributed by atoms with Gasteiger partial charge < -0.3 is 9.47 Å². The molecule has 35 heavy (non-hydrogen) atoms. The average Bonchev–Trinajstić information content (AvgIpc) is 2.88. The second kappa shape index (κ2) is 12.5. The Bertz CT molecular complexity index is 906. The van der Waals surface area contributed by atoms with E-state index >= 15 is 4.39 Å². The SMILES string of the molecule is CCCCCC1(C)CCC(c2ccc(-c3ccc(C4OCC(CCCC)CO4)cc3F)cc2)CC1. The monoisotopic (exact) mass is 480 g/mol. The predicted molar refractivity (Wildman–Crippen MR) is 143 cm³/mol. The maximum absolute atomic E-state index is 15.1. The lowest BCUT2D eigenvalue weighted by molar-refractivity contribution is -0.206. The topological polar surface area (TPSA) is 18.5 Å². The zero-order chi connectivity index (χ0) is 24.7. The van der Waals surface area contributed by atoms with Gasteiger partial charge in [0.1, 0.15) is 5.82 Å². The van der Waals surface area contributed by atoms with Gasteiger partial charge in [0, 0.05) is 17.0 Å². The first-order chi connectivity index (χ1) is 17.0. The summed E-state index contributed by atoms with van der Waals surface area (Å²) < 4.78 is 26.9. The predicted octanol–water partition coefficient (Wildman–Crippen LogP) is 9.59. The van der Waals surface area contributed by atoms with Crippen molar-refractivity contribution in [3.05, 3.63) is 59.4 Å². The Hall–Kier alpha value is -1.71. The fourth-order valence-corrected chi connectivity index (χ4v) is 5.94. The second-order valence-corrected chi connectivity index (χ2v) is 11.4. The second-order valence-electron chi connectivity index (χ2n) is 11.4. The summed E-state index contributed by atoms with van der Waals surface area (Å²) in [4.78, 5) is 0. The Morgan fingerprint density at radius 2 is 1.51 bits per heavy atom. The maximum Gasteiger partial charge on any atom is 0.183 e. The van der Waals surface area contributed by atoms with Gasteiger partial charge in [0.25, 0.3) is 0 Å². The van der Waals surface area contributed by atoms with E-state index in [4.69, 9.17) is 9.47 Å². The van der Waals surface area contributed by atoms with Crippen molar-refractivity contribution < 1.29 is 13.9 Å². The summed E-state index contributed by atoms with van der Waals surface area (Å²) in [7, 11) is 0. The van der Waals surface area contributed by atoms with Crippen molar-refractivity contribution in [1.82, 2.24) is 0 Å². The third-order valence-electron chi connectivity index (χ3n) is 8.47. The molecule has 1 saturated heterocycles. The van der Waals surface area contributed by atoms with Gasteiger partial charge in [-0.05, 0) is 67.1 Å². The van der Waals surface area contributed by atoms with Gasteiger partial charge in [0.15, 0.2) is 6.29 Å². The Kier molecular flexibility index (Phi) is 9.41. The van der Waals surface area contributed by atoms with Crippen LogP contribution in [0.15, 0.2) is 42.5 Å². The number of benzene rings is 2. The maximum atomic E-state index is 15.1. The molecule has 3 heteroatoms. The first kappa shape index (κ1) is 26.4. The molecule has 0 spiro atoms. The van der Waals surface area contributed by atoms with Crippen LogP contribution in [0.3, 0.4) is 0 Å². The highest BCUT2D eigenvalue weighted by Gasteiger charge is 2.31. The van der Waals surface area contributed by atoms with Crippen molar-refractivity contribution in [2.75, 3.05) is 13.2 Å². The van der Waals surface area contributed by atoms with Gasteiger partial charge in [-0.2, -0.15) is 0 Å². The van der Waals surface area contributed by atoms with Crippen LogP contribution < -0.4 is 0 Å². The number of hydrogen-bond acceptors (Lipinski definition) is 2. The van der Waals surface area contributed by atoms with E-state index in [9.17, 15) is 0 Å². The number of halogens is 1. The van der Waals surface area contributed by atoms with Gasteiger partial charge in [-0.25, -0.2) is 4.39 Å². The summed E-state index contributed by atoms with van der Waals surface area (Å²) in [5.74, 6) is 0.876. The van der Waals surface area contributed by atoms with Crippen LogP contribution in [-0.2, 0) is 9.47 Å². The van der Waals surface area contributed by atoms with Crippen LogP contribution in [0.5, 0.6) is 0 Å².